The Hall–Kier alpha value is -4.90. The van der Waals surface area contributed by atoms with E-state index in [2.05, 4.69) is 29.8 Å². The largest absolute Gasteiger partial charge is 0.484 e. The van der Waals surface area contributed by atoms with E-state index < -0.39 is 41.8 Å². The monoisotopic (exact) mass is 944 g/mol. The SMILES string of the molecule is CC[C@H](C)[C@@H]([C@@H](CC)OC)N(C)C(=O)[C@@H](CC(=O)C(C(C)C)N(C)C(=O)COc1ccc(NC(=O)[C@H](CCCNC(N)=O)CC(=O)[C@@H](NC(=O)CCCCCC(=O)CN)C(C)C)cc1)C(C)C. The van der Waals surface area contributed by atoms with Gasteiger partial charge in [0.25, 0.3) is 5.91 Å². The Labute approximate surface area is 400 Å². The predicted molar refractivity (Wildman–Crippen MR) is 261 cm³/mol. The van der Waals surface area contributed by atoms with E-state index in [4.69, 9.17) is 20.9 Å². The van der Waals surface area contributed by atoms with Crippen LogP contribution in [0.5, 0.6) is 5.75 Å². The topological polar surface area (TPSA) is 250 Å². The number of carbonyl (C=O) groups is 8. The van der Waals surface area contributed by atoms with Gasteiger partial charge >= 0.3 is 6.03 Å². The summed E-state index contributed by atoms with van der Waals surface area (Å²) in [4.78, 5) is 108. The van der Waals surface area contributed by atoms with Crippen molar-refractivity contribution in [1.29, 1.82) is 0 Å². The third-order valence-corrected chi connectivity index (χ3v) is 12.7. The molecule has 1 rings (SSSR count). The highest BCUT2D eigenvalue weighted by molar-refractivity contribution is 5.97. The van der Waals surface area contributed by atoms with E-state index in [1.807, 2.05) is 48.5 Å². The van der Waals surface area contributed by atoms with Crippen molar-refractivity contribution in [3.63, 3.8) is 0 Å². The lowest BCUT2D eigenvalue weighted by Crippen LogP contribution is -2.52. The Morgan fingerprint density at radius 2 is 1.37 bits per heavy atom. The number of nitrogens with zero attached hydrogens (tertiary/aromatic N) is 2. The van der Waals surface area contributed by atoms with Gasteiger partial charge in [-0.2, -0.15) is 0 Å². The molecule has 1 aromatic carbocycles. The number of anilines is 1. The van der Waals surface area contributed by atoms with Gasteiger partial charge in [-0.1, -0.05) is 75.2 Å². The summed E-state index contributed by atoms with van der Waals surface area (Å²) in [5.74, 6) is -3.34. The summed E-state index contributed by atoms with van der Waals surface area (Å²) < 4.78 is 11.6. The molecule has 0 aliphatic rings. The van der Waals surface area contributed by atoms with E-state index in [1.165, 1.54) is 4.90 Å². The molecule has 0 bridgehead atoms. The molecule has 0 saturated carbocycles. The summed E-state index contributed by atoms with van der Waals surface area (Å²) in [6, 6.07) is 3.87. The number of Topliss-reactive ketones (excluding diaryl/α,β-unsaturated/α-hetero) is 3. The third-order valence-electron chi connectivity index (χ3n) is 12.7. The molecule has 0 fully saturated rings. The summed E-state index contributed by atoms with van der Waals surface area (Å²) in [5, 5.41) is 8.18. The van der Waals surface area contributed by atoms with Gasteiger partial charge in [0.2, 0.25) is 17.7 Å². The van der Waals surface area contributed by atoms with Crippen LogP contribution in [0.3, 0.4) is 0 Å². The number of ether oxygens (including phenoxy) is 2. The van der Waals surface area contributed by atoms with Crippen molar-refractivity contribution in [2.24, 2.45) is 47.0 Å². The summed E-state index contributed by atoms with van der Waals surface area (Å²) in [7, 11) is 5.01. The van der Waals surface area contributed by atoms with Crippen LogP contribution in [0.25, 0.3) is 0 Å². The van der Waals surface area contributed by atoms with Crippen molar-refractivity contribution in [2.75, 3.05) is 46.2 Å². The second kappa shape index (κ2) is 31.2. The number of likely N-dealkylation sites (N-methyl/N-ethyl adjacent to an activating group) is 2. The van der Waals surface area contributed by atoms with Crippen LogP contribution in [0.1, 0.15) is 133 Å². The lowest BCUT2D eigenvalue weighted by atomic mass is 9.83. The molecule has 7 atom stereocenters. The smallest absolute Gasteiger partial charge is 0.312 e. The summed E-state index contributed by atoms with van der Waals surface area (Å²) >= 11 is 0. The quantitative estimate of drug-likeness (QED) is 0.0528. The lowest BCUT2D eigenvalue weighted by molar-refractivity contribution is -0.147. The predicted octanol–water partition coefficient (Wildman–Crippen LogP) is 5.66. The van der Waals surface area contributed by atoms with Gasteiger partial charge < -0.3 is 46.7 Å². The number of nitrogens with two attached hydrogens (primary N) is 2. The lowest BCUT2D eigenvalue weighted by Gasteiger charge is -2.40. The van der Waals surface area contributed by atoms with Gasteiger partial charge in [-0.25, -0.2) is 4.79 Å². The third kappa shape index (κ3) is 20.9. The maximum absolute atomic E-state index is 14.1. The van der Waals surface area contributed by atoms with E-state index in [9.17, 15) is 38.4 Å². The molecular weight excluding hydrogens is 859 g/mol. The first-order valence-electron chi connectivity index (χ1n) is 24.2. The Morgan fingerprint density at radius 1 is 0.746 bits per heavy atom. The maximum atomic E-state index is 14.1. The molecule has 67 heavy (non-hydrogen) atoms. The standard InChI is InChI=1S/C50H85N7O10/c1-13-34(9)47(42(14-2)66-12)57(11)49(64)39(31(3)4)28-41(60)46(33(7)8)56(10)44(62)30-67-38-24-22-36(23-25-38)54-48(63)35(19-18-26-53-50(52)65)27-40(59)45(32(5)6)55-43(61)21-17-15-16-20-37(58)29-51/h22-25,31-35,39,42,45-47H,13-21,26-30,51H2,1-12H3,(H,54,63)(H,55,61)(H3,52,53,65)/t34-,35+,39-,42+,45-,46?,47-/m0/s1. The molecule has 17 nitrogen and oxygen atoms in total. The zero-order valence-corrected chi connectivity index (χ0v) is 42.6. The minimum absolute atomic E-state index is 0.00547. The molecule has 0 aliphatic carbocycles. The molecule has 0 aromatic heterocycles. The molecule has 0 aliphatic heterocycles. The zero-order valence-electron chi connectivity index (χ0n) is 42.6. The molecule has 380 valence electrons. The number of rotatable bonds is 34. The molecule has 6 amide bonds. The Bertz CT molecular complexity index is 1730. The van der Waals surface area contributed by atoms with Gasteiger partial charge in [-0.3, -0.25) is 33.6 Å². The first-order valence-corrected chi connectivity index (χ1v) is 24.2. The second-order valence-corrected chi connectivity index (χ2v) is 18.9. The Kier molecular flexibility index (Phi) is 28.0. The average molecular weight is 944 g/mol. The first-order chi connectivity index (χ1) is 31.5. The highest BCUT2D eigenvalue weighted by atomic mass is 16.5. The fraction of sp³-hybridized carbons (Fsp3) is 0.720. The van der Waals surface area contributed by atoms with Crippen molar-refractivity contribution in [3.8, 4) is 5.75 Å². The Morgan fingerprint density at radius 3 is 1.90 bits per heavy atom. The number of methoxy groups -OCH3 is 1. The molecule has 0 heterocycles. The fourth-order valence-electron chi connectivity index (χ4n) is 8.46. The minimum atomic E-state index is -0.826. The number of hydrogen-bond acceptors (Lipinski definition) is 11. The van der Waals surface area contributed by atoms with E-state index >= 15 is 0 Å². The highest BCUT2D eigenvalue weighted by Crippen LogP contribution is 2.28. The highest BCUT2D eigenvalue weighted by Gasteiger charge is 2.39. The van der Waals surface area contributed by atoms with Crippen LogP contribution < -0.4 is 32.2 Å². The summed E-state index contributed by atoms with van der Waals surface area (Å²) in [5.41, 5.74) is 11.0. The molecule has 17 heteroatoms. The first kappa shape index (κ1) is 60.1. The number of amides is 6. The fourth-order valence-corrected chi connectivity index (χ4v) is 8.46. The molecule has 0 radical (unpaired) electrons. The number of carbonyl (C=O) groups excluding carboxylic acids is 8. The molecule has 0 spiro atoms. The van der Waals surface area contributed by atoms with Crippen LogP contribution in [-0.4, -0.2) is 122 Å². The second-order valence-electron chi connectivity index (χ2n) is 18.9. The maximum Gasteiger partial charge on any atom is 0.312 e. The average Bonchev–Trinajstić information content (AvgIpc) is 3.28. The van der Waals surface area contributed by atoms with Gasteiger partial charge in [-0.05, 0) is 80.0 Å². The number of nitrogens with one attached hydrogen (secondary N) is 3. The molecule has 1 aromatic rings. The van der Waals surface area contributed by atoms with Crippen molar-refractivity contribution < 1.29 is 47.8 Å². The van der Waals surface area contributed by atoms with E-state index in [0.717, 1.165) is 12.8 Å². The van der Waals surface area contributed by atoms with Crippen molar-refractivity contribution in [3.05, 3.63) is 24.3 Å². The number of benzene rings is 1. The van der Waals surface area contributed by atoms with Gasteiger partial charge in [0.05, 0.1) is 30.8 Å². The van der Waals surface area contributed by atoms with E-state index in [1.54, 1.807) is 50.4 Å². The van der Waals surface area contributed by atoms with Crippen LogP contribution in [0.2, 0.25) is 0 Å². The van der Waals surface area contributed by atoms with Crippen LogP contribution in [0.15, 0.2) is 24.3 Å². The summed E-state index contributed by atoms with van der Waals surface area (Å²) in [6.45, 7) is 17.3. The molecular formula is C50H85N7O10. The van der Waals surface area contributed by atoms with Crippen molar-refractivity contribution in [2.45, 2.75) is 157 Å². The minimum Gasteiger partial charge on any atom is -0.484 e. The van der Waals surface area contributed by atoms with Gasteiger partial charge in [0.1, 0.15) is 11.5 Å². The number of primary amides is 1. The number of ketones is 3. The van der Waals surface area contributed by atoms with Crippen LogP contribution >= 0.6 is 0 Å². The summed E-state index contributed by atoms with van der Waals surface area (Å²) in [6.07, 6.45) is 4.25. The van der Waals surface area contributed by atoms with Crippen LogP contribution in [0.4, 0.5) is 10.5 Å². The van der Waals surface area contributed by atoms with Crippen LogP contribution in [0, 0.1) is 35.5 Å². The normalized spacial score (nSPS) is 14.6. The molecule has 7 N–H and O–H groups in total. The van der Waals surface area contributed by atoms with E-state index in [0.29, 0.717) is 43.5 Å². The van der Waals surface area contributed by atoms with Gasteiger partial charge in [-0.15, -0.1) is 0 Å². The zero-order chi connectivity index (χ0) is 51.0. The van der Waals surface area contributed by atoms with E-state index in [-0.39, 0.29) is 110 Å². The van der Waals surface area contributed by atoms with Crippen molar-refractivity contribution in [1.82, 2.24) is 20.4 Å². The number of unbranched alkanes of at least 4 members (excludes halogenated alkanes) is 2. The van der Waals surface area contributed by atoms with Crippen molar-refractivity contribution >= 4 is 52.7 Å². The van der Waals surface area contributed by atoms with Gasteiger partial charge in [0, 0.05) is 71.0 Å². The number of urea groups is 1. The molecule has 1 unspecified atom stereocenters. The van der Waals surface area contributed by atoms with Gasteiger partial charge in [0.15, 0.2) is 18.2 Å². The Balaban J connectivity index is 3.06. The molecule has 0 saturated heterocycles. The van der Waals surface area contributed by atoms with Crippen LogP contribution in [-0.2, 0) is 38.3 Å². The number of hydrogen-bond donors (Lipinski definition) is 5.